The summed E-state index contributed by atoms with van der Waals surface area (Å²) in [6.45, 7) is 3.88. The van der Waals surface area contributed by atoms with E-state index >= 15 is 0 Å². The van der Waals surface area contributed by atoms with Crippen LogP contribution in [-0.4, -0.2) is 7.11 Å². The van der Waals surface area contributed by atoms with Gasteiger partial charge in [0.15, 0.2) is 17.4 Å². The third kappa shape index (κ3) is 6.21. The first-order valence-electron chi connectivity index (χ1n) is 11.0. The van der Waals surface area contributed by atoms with Crippen molar-refractivity contribution in [2.75, 3.05) is 7.11 Å². The van der Waals surface area contributed by atoms with Gasteiger partial charge in [0.05, 0.1) is 12.7 Å². The SMILES string of the molecule is CCCCCc1cc(F)c(C#Cc2ccc(C#Cc3cc(F)c(OC)c(F)c3)c(C)c2)c(F)c1. The standard InChI is InChI=1S/C29H24F4O/c1-4-5-6-7-21-15-25(30)24(26(31)16-21)13-10-20-8-11-23(19(2)14-20)12-9-22-17-27(32)29(34-3)28(33)18-22/h8,11,14-18H,4-7H2,1-3H3. The molecule has 0 atom stereocenters. The highest BCUT2D eigenvalue weighted by atomic mass is 19.1. The molecule has 0 amide bonds. The number of rotatable bonds is 5. The van der Waals surface area contributed by atoms with E-state index in [0.717, 1.165) is 37.0 Å². The highest BCUT2D eigenvalue weighted by Crippen LogP contribution is 2.22. The first-order valence-corrected chi connectivity index (χ1v) is 11.0. The zero-order valence-electron chi connectivity index (χ0n) is 19.3. The summed E-state index contributed by atoms with van der Waals surface area (Å²) in [5.41, 5.74) is 2.50. The lowest BCUT2D eigenvalue weighted by molar-refractivity contribution is 0.359. The molecule has 0 unspecified atom stereocenters. The summed E-state index contributed by atoms with van der Waals surface area (Å²) in [6, 6.07) is 10.0. The van der Waals surface area contributed by atoms with Crippen molar-refractivity contribution in [2.45, 2.75) is 39.5 Å². The van der Waals surface area contributed by atoms with Crippen LogP contribution < -0.4 is 4.74 Å². The van der Waals surface area contributed by atoms with Crippen LogP contribution >= 0.6 is 0 Å². The Hall–Kier alpha value is -3.70. The van der Waals surface area contributed by atoms with Crippen LogP contribution in [-0.2, 0) is 6.42 Å². The Bertz CT molecular complexity index is 1270. The lowest BCUT2D eigenvalue weighted by atomic mass is 10.0. The molecule has 0 saturated heterocycles. The molecule has 0 radical (unpaired) electrons. The molecule has 0 N–H and O–H groups in total. The predicted molar refractivity (Wildman–Crippen MR) is 126 cm³/mol. The summed E-state index contributed by atoms with van der Waals surface area (Å²) >= 11 is 0. The molecule has 3 aromatic carbocycles. The summed E-state index contributed by atoms with van der Waals surface area (Å²) in [7, 11) is 1.19. The fourth-order valence-corrected chi connectivity index (χ4v) is 3.45. The van der Waals surface area contributed by atoms with Crippen molar-refractivity contribution < 1.29 is 22.3 Å². The molecular weight excluding hydrogens is 440 g/mol. The highest BCUT2D eigenvalue weighted by molar-refractivity contribution is 5.52. The Balaban J connectivity index is 1.80. The maximum Gasteiger partial charge on any atom is 0.190 e. The van der Waals surface area contributed by atoms with Gasteiger partial charge in [-0.2, -0.15) is 0 Å². The second-order valence-electron chi connectivity index (χ2n) is 7.89. The van der Waals surface area contributed by atoms with Gasteiger partial charge in [0.1, 0.15) is 11.6 Å². The van der Waals surface area contributed by atoms with Gasteiger partial charge >= 0.3 is 0 Å². The van der Waals surface area contributed by atoms with Gasteiger partial charge in [-0.3, -0.25) is 0 Å². The lowest BCUT2D eigenvalue weighted by Gasteiger charge is -2.04. The van der Waals surface area contributed by atoms with E-state index in [0.29, 0.717) is 23.1 Å². The van der Waals surface area contributed by atoms with Crippen molar-refractivity contribution in [2.24, 2.45) is 0 Å². The summed E-state index contributed by atoms with van der Waals surface area (Å²) in [4.78, 5) is 0. The molecule has 34 heavy (non-hydrogen) atoms. The van der Waals surface area contributed by atoms with Crippen molar-refractivity contribution in [1.82, 2.24) is 0 Å². The first kappa shape index (κ1) is 24.9. The molecule has 3 rings (SSSR count). The van der Waals surface area contributed by atoms with E-state index in [1.54, 1.807) is 25.1 Å². The minimum atomic E-state index is -0.831. The average Bonchev–Trinajstić information content (AvgIpc) is 2.78. The molecule has 0 heterocycles. The maximum absolute atomic E-state index is 14.4. The molecule has 0 saturated carbocycles. The number of benzene rings is 3. The van der Waals surface area contributed by atoms with Gasteiger partial charge in [0, 0.05) is 16.7 Å². The second kappa shape index (κ2) is 11.4. The monoisotopic (exact) mass is 464 g/mol. The van der Waals surface area contributed by atoms with Crippen LogP contribution in [0.2, 0.25) is 0 Å². The third-order valence-corrected chi connectivity index (χ3v) is 5.27. The minimum Gasteiger partial charge on any atom is -0.491 e. The smallest absolute Gasteiger partial charge is 0.190 e. The van der Waals surface area contributed by atoms with Gasteiger partial charge in [0.2, 0.25) is 0 Å². The van der Waals surface area contributed by atoms with Crippen molar-refractivity contribution in [3.05, 3.63) is 99.1 Å². The molecule has 5 heteroatoms. The number of halogens is 4. The molecule has 0 aromatic heterocycles. The molecule has 0 aliphatic carbocycles. The average molecular weight is 465 g/mol. The molecule has 0 spiro atoms. The largest absolute Gasteiger partial charge is 0.491 e. The van der Waals surface area contributed by atoms with Gasteiger partial charge in [-0.15, -0.1) is 0 Å². The van der Waals surface area contributed by atoms with E-state index in [2.05, 4.69) is 35.3 Å². The zero-order valence-corrected chi connectivity index (χ0v) is 19.3. The van der Waals surface area contributed by atoms with Crippen molar-refractivity contribution in [1.29, 1.82) is 0 Å². The number of unbranched alkanes of at least 4 members (excludes halogenated alkanes) is 2. The van der Waals surface area contributed by atoms with Crippen LogP contribution in [0.15, 0.2) is 42.5 Å². The van der Waals surface area contributed by atoms with E-state index < -0.39 is 29.0 Å². The number of hydrogen-bond acceptors (Lipinski definition) is 1. The quantitative estimate of drug-likeness (QED) is 0.222. The van der Waals surface area contributed by atoms with E-state index in [-0.39, 0.29) is 11.1 Å². The summed E-state index contributed by atoms with van der Waals surface area (Å²) < 4.78 is 61.2. The Morgan fingerprint density at radius 3 is 1.97 bits per heavy atom. The fraction of sp³-hybridized carbons (Fsp3) is 0.241. The van der Waals surface area contributed by atoms with Gasteiger partial charge in [-0.05, 0) is 73.4 Å². The van der Waals surface area contributed by atoms with Gasteiger partial charge in [-0.25, -0.2) is 17.6 Å². The van der Waals surface area contributed by atoms with Gasteiger partial charge in [-0.1, -0.05) is 43.4 Å². The molecule has 1 nitrogen and oxygen atoms in total. The molecule has 0 aliphatic heterocycles. The Kier molecular flexibility index (Phi) is 8.39. The number of aryl methyl sites for hydroxylation is 2. The number of hydrogen-bond donors (Lipinski definition) is 0. The summed E-state index contributed by atoms with van der Waals surface area (Å²) in [5, 5.41) is 0. The van der Waals surface area contributed by atoms with Crippen LogP contribution in [0.4, 0.5) is 17.6 Å². The summed E-state index contributed by atoms with van der Waals surface area (Å²) in [6.07, 6.45) is 3.57. The Morgan fingerprint density at radius 1 is 0.735 bits per heavy atom. The van der Waals surface area contributed by atoms with Crippen molar-refractivity contribution >= 4 is 0 Å². The van der Waals surface area contributed by atoms with E-state index in [4.69, 9.17) is 0 Å². The molecule has 174 valence electrons. The van der Waals surface area contributed by atoms with Gasteiger partial charge < -0.3 is 4.74 Å². The fourth-order valence-electron chi connectivity index (χ4n) is 3.45. The topological polar surface area (TPSA) is 9.23 Å². The highest BCUT2D eigenvalue weighted by Gasteiger charge is 2.11. The minimum absolute atomic E-state index is 0.170. The number of methoxy groups -OCH3 is 1. The Morgan fingerprint density at radius 2 is 1.38 bits per heavy atom. The van der Waals surface area contributed by atoms with Crippen LogP contribution in [0, 0.1) is 53.9 Å². The molecule has 0 fully saturated rings. The van der Waals surface area contributed by atoms with Crippen LogP contribution in [0.25, 0.3) is 0 Å². The maximum atomic E-state index is 14.4. The predicted octanol–water partition coefficient (Wildman–Crippen LogP) is 7.09. The number of ether oxygens (including phenoxy) is 1. The molecule has 3 aromatic rings. The van der Waals surface area contributed by atoms with Gasteiger partial charge in [0.25, 0.3) is 0 Å². The van der Waals surface area contributed by atoms with Crippen molar-refractivity contribution in [3.8, 4) is 29.4 Å². The Labute approximate surface area is 197 Å². The zero-order chi connectivity index (χ0) is 24.7. The normalized spacial score (nSPS) is 10.2. The molecule has 0 bridgehead atoms. The second-order valence-corrected chi connectivity index (χ2v) is 7.89. The van der Waals surface area contributed by atoms with Crippen molar-refractivity contribution in [3.63, 3.8) is 0 Å². The van der Waals surface area contributed by atoms with E-state index in [1.807, 2.05) is 0 Å². The summed E-state index contributed by atoms with van der Waals surface area (Å²) in [5.74, 6) is 7.53. The first-order chi connectivity index (χ1) is 16.3. The molecule has 0 aliphatic rings. The molecular formula is C29H24F4O. The third-order valence-electron chi connectivity index (χ3n) is 5.27. The van der Waals surface area contributed by atoms with Crippen LogP contribution in [0.3, 0.4) is 0 Å². The van der Waals surface area contributed by atoms with Crippen LogP contribution in [0.5, 0.6) is 5.75 Å². The lowest BCUT2D eigenvalue weighted by Crippen LogP contribution is -1.95. The van der Waals surface area contributed by atoms with E-state index in [9.17, 15) is 17.6 Å². The van der Waals surface area contributed by atoms with E-state index in [1.165, 1.54) is 19.2 Å². The van der Waals surface area contributed by atoms with Crippen LogP contribution in [0.1, 0.15) is 59.6 Å².